The van der Waals surface area contributed by atoms with Gasteiger partial charge in [0.05, 0.1) is 10.6 Å². The number of nitrogens with zero attached hydrogens (tertiary/aromatic N) is 1. The quantitative estimate of drug-likeness (QED) is 0.870. The summed E-state index contributed by atoms with van der Waals surface area (Å²) < 4.78 is 27.8. The van der Waals surface area contributed by atoms with E-state index in [4.69, 9.17) is 0 Å². The Bertz CT molecular complexity index is 579. The molecular weight excluding hydrogens is 260 g/mol. The first-order valence-electron chi connectivity index (χ1n) is 6.75. The molecule has 0 radical (unpaired) electrons. The average molecular weight is 280 g/mol. The molecule has 0 amide bonds. The van der Waals surface area contributed by atoms with Crippen LogP contribution in [-0.4, -0.2) is 26.7 Å². The Labute approximate surface area is 115 Å². The Kier molecular flexibility index (Phi) is 4.37. The third-order valence-corrected chi connectivity index (χ3v) is 4.69. The van der Waals surface area contributed by atoms with Crippen LogP contribution in [-0.2, 0) is 10.0 Å². The molecule has 0 saturated carbocycles. The summed E-state index contributed by atoms with van der Waals surface area (Å²) in [7, 11) is -3.47. The lowest BCUT2D eigenvalue weighted by molar-refractivity contribution is 0.511. The monoisotopic (exact) mass is 280 g/mol. The molecule has 0 fully saturated rings. The van der Waals surface area contributed by atoms with Crippen LogP contribution in [0, 0.1) is 0 Å². The van der Waals surface area contributed by atoms with E-state index < -0.39 is 10.0 Å². The zero-order valence-corrected chi connectivity index (χ0v) is 12.2. The molecular formula is C14H20N2O2S. The first-order valence-corrected chi connectivity index (χ1v) is 8.19. The van der Waals surface area contributed by atoms with Crippen molar-refractivity contribution in [3.05, 3.63) is 29.8 Å². The van der Waals surface area contributed by atoms with Crippen LogP contribution < -0.4 is 5.32 Å². The van der Waals surface area contributed by atoms with E-state index in [-0.39, 0.29) is 6.04 Å². The Hall–Kier alpha value is -1.20. The van der Waals surface area contributed by atoms with Crippen LogP contribution in [0.1, 0.15) is 38.7 Å². The second kappa shape index (κ2) is 5.84. The van der Waals surface area contributed by atoms with Gasteiger partial charge in [0.25, 0.3) is 10.0 Å². The number of benzene rings is 1. The van der Waals surface area contributed by atoms with Gasteiger partial charge in [-0.15, -0.1) is 0 Å². The lowest BCUT2D eigenvalue weighted by Crippen LogP contribution is -2.31. The zero-order valence-electron chi connectivity index (χ0n) is 11.4. The highest BCUT2D eigenvalue weighted by Gasteiger charge is 2.29. The minimum atomic E-state index is -3.47. The molecule has 1 unspecified atom stereocenters. The maximum Gasteiger partial charge on any atom is 0.283 e. The van der Waals surface area contributed by atoms with E-state index in [1.54, 1.807) is 12.1 Å². The van der Waals surface area contributed by atoms with Crippen molar-refractivity contribution in [1.82, 2.24) is 5.32 Å². The minimum Gasteiger partial charge on any atom is -0.314 e. The summed E-state index contributed by atoms with van der Waals surface area (Å²) in [6.45, 7) is 5.16. The molecule has 0 spiro atoms. The highest BCUT2D eigenvalue weighted by Crippen LogP contribution is 2.27. The van der Waals surface area contributed by atoms with E-state index in [0.29, 0.717) is 17.0 Å². The van der Waals surface area contributed by atoms with Crippen LogP contribution in [0.25, 0.3) is 0 Å². The highest BCUT2D eigenvalue weighted by atomic mass is 32.2. The predicted molar refractivity (Wildman–Crippen MR) is 77.2 cm³/mol. The molecule has 1 aliphatic rings. The molecule has 0 saturated heterocycles. The first-order chi connectivity index (χ1) is 9.08. The van der Waals surface area contributed by atoms with Crippen molar-refractivity contribution in [2.45, 2.75) is 44.0 Å². The van der Waals surface area contributed by atoms with E-state index in [1.807, 2.05) is 12.1 Å². The van der Waals surface area contributed by atoms with Gasteiger partial charge in [-0.25, -0.2) is 0 Å². The van der Waals surface area contributed by atoms with Gasteiger partial charge in [-0.3, -0.25) is 0 Å². The van der Waals surface area contributed by atoms with E-state index in [2.05, 4.69) is 23.6 Å². The Morgan fingerprint density at radius 2 is 2.00 bits per heavy atom. The van der Waals surface area contributed by atoms with Crippen LogP contribution >= 0.6 is 0 Å². The minimum absolute atomic E-state index is 0.278. The summed E-state index contributed by atoms with van der Waals surface area (Å²) in [5.74, 6) is 0. The molecule has 5 heteroatoms. The van der Waals surface area contributed by atoms with E-state index in [9.17, 15) is 8.42 Å². The zero-order chi connectivity index (χ0) is 13.9. The normalized spacial score (nSPS) is 17.9. The third-order valence-electron chi connectivity index (χ3n) is 3.32. The summed E-state index contributed by atoms with van der Waals surface area (Å²) in [4.78, 5) is 0.343. The van der Waals surface area contributed by atoms with E-state index in [0.717, 1.165) is 24.9 Å². The van der Waals surface area contributed by atoms with E-state index >= 15 is 0 Å². The number of rotatable bonds is 6. The lowest BCUT2D eigenvalue weighted by atomic mass is 10.0. The molecule has 1 aromatic carbocycles. The van der Waals surface area contributed by atoms with Gasteiger partial charge in [-0.05, 0) is 25.5 Å². The van der Waals surface area contributed by atoms with Crippen LogP contribution in [0.4, 0.5) is 0 Å². The summed E-state index contributed by atoms with van der Waals surface area (Å²) in [6.07, 6.45) is 2.69. The van der Waals surface area contributed by atoms with Gasteiger partial charge < -0.3 is 5.32 Å². The summed E-state index contributed by atoms with van der Waals surface area (Å²) in [6, 6.07) is 7.34. The fraction of sp³-hybridized carbons (Fsp3) is 0.500. The first kappa shape index (κ1) is 14.2. The maximum atomic E-state index is 11.9. The van der Waals surface area contributed by atoms with Crippen LogP contribution in [0.15, 0.2) is 33.6 Å². The maximum absolute atomic E-state index is 11.9. The fourth-order valence-corrected chi connectivity index (χ4v) is 3.54. The summed E-state index contributed by atoms with van der Waals surface area (Å²) in [5, 5.41) is 3.43. The standard InChI is InChI=1S/C14H20N2O2S/c1-3-9-15-11(4-2)10-13-12-7-5-6-8-14(12)19(17,18)16-13/h5-8,11,15H,3-4,9-10H2,1-2H3. The van der Waals surface area contributed by atoms with E-state index in [1.165, 1.54) is 0 Å². The third kappa shape index (κ3) is 3.04. The second-order valence-electron chi connectivity index (χ2n) is 4.77. The fourth-order valence-electron chi connectivity index (χ4n) is 2.26. The van der Waals surface area contributed by atoms with Gasteiger partial charge in [0, 0.05) is 18.0 Å². The SMILES string of the molecule is CCCNC(CC)CC1=NS(=O)(=O)c2ccccc21. The molecule has 0 bridgehead atoms. The van der Waals surface area contributed by atoms with Crippen molar-refractivity contribution >= 4 is 15.7 Å². The number of nitrogens with one attached hydrogen (secondary N) is 1. The highest BCUT2D eigenvalue weighted by molar-refractivity contribution is 7.90. The van der Waals surface area contributed by atoms with Crippen molar-refractivity contribution in [3.8, 4) is 0 Å². The lowest BCUT2D eigenvalue weighted by Gasteiger charge is -2.16. The molecule has 104 valence electrons. The molecule has 1 N–H and O–H groups in total. The molecule has 0 aromatic heterocycles. The van der Waals surface area contributed by atoms with Crippen LogP contribution in [0.3, 0.4) is 0 Å². The number of sulfonamides is 1. The molecule has 4 nitrogen and oxygen atoms in total. The van der Waals surface area contributed by atoms with Crippen LogP contribution in [0.2, 0.25) is 0 Å². The Morgan fingerprint density at radius 3 is 2.68 bits per heavy atom. The van der Waals surface area contributed by atoms with Crippen LogP contribution in [0.5, 0.6) is 0 Å². The number of hydrogen-bond donors (Lipinski definition) is 1. The molecule has 19 heavy (non-hydrogen) atoms. The molecule has 1 heterocycles. The van der Waals surface area contributed by atoms with Crippen molar-refractivity contribution in [3.63, 3.8) is 0 Å². The Morgan fingerprint density at radius 1 is 1.26 bits per heavy atom. The van der Waals surface area contributed by atoms with Gasteiger partial charge in [0.1, 0.15) is 0 Å². The Balaban J connectivity index is 2.22. The van der Waals surface area contributed by atoms with Gasteiger partial charge in [0.2, 0.25) is 0 Å². The van der Waals surface area contributed by atoms with Gasteiger partial charge >= 0.3 is 0 Å². The largest absolute Gasteiger partial charge is 0.314 e. The molecule has 1 atom stereocenters. The van der Waals surface area contributed by atoms with Crippen molar-refractivity contribution in [2.24, 2.45) is 4.40 Å². The van der Waals surface area contributed by atoms with Gasteiger partial charge in [0.15, 0.2) is 0 Å². The number of hydrogen-bond acceptors (Lipinski definition) is 3. The number of fused-ring (bicyclic) bond motifs is 1. The van der Waals surface area contributed by atoms with Gasteiger partial charge in [-0.1, -0.05) is 32.0 Å². The van der Waals surface area contributed by atoms with Crippen molar-refractivity contribution < 1.29 is 8.42 Å². The molecule has 1 aromatic rings. The summed E-state index contributed by atoms with van der Waals surface area (Å²) >= 11 is 0. The second-order valence-corrected chi connectivity index (χ2v) is 6.35. The smallest absolute Gasteiger partial charge is 0.283 e. The van der Waals surface area contributed by atoms with Crippen molar-refractivity contribution in [2.75, 3.05) is 6.54 Å². The topological polar surface area (TPSA) is 58.5 Å². The average Bonchev–Trinajstić information content (AvgIpc) is 2.66. The molecule has 2 rings (SSSR count). The predicted octanol–water partition coefficient (Wildman–Crippen LogP) is 2.35. The molecule has 0 aliphatic carbocycles. The molecule has 1 aliphatic heterocycles. The summed E-state index contributed by atoms with van der Waals surface area (Å²) in [5.41, 5.74) is 1.45. The van der Waals surface area contributed by atoms with Gasteiger partial charge in [-0.2, -0.15) is 12.8 Å². The van der Waals surface area contributed by atoms with Crippen molar-refractivity contribution in [1.29, 1.82) is 0 Å².